The normalized spacial score (nSPS) is 15.9. The minimum atomic E-state index is -1.33. The van der Waals surface area contributed by atoms with E-state index in [0.717, 1.165) is 18.4 Å². The number of ether oxygens (including phenoxy) is 2. The number of halogens is 2. The number of piperidine rings is 1. The molecule has 1 aliphatic rings. The zero-order valence-electron chi connectivity index (χ0n) is 25.1. The number of nitrogens with zero attached hydrogens (tertiary/aromatic N) is 3. The zero-order chi connectivity index (χ0) is 30.8. The average Bonchev–Trinajstić information content (AvgIpc) is 2.88. The Bertz CT molecular complexity index is 1450. The summed E-state index contributed by atoms with van der Waals surface area (Å²) in [6.07, 6.45) is 2.24. The summed E-state index contributed by atoms with van der Waals surface area (Å²) in [7, 11) is 0. The van der Waals surface area contributed by atoms with Crippen LogP contribution in [0.3, 0.4) is 0 Å². The van der Waals surface area contributed by atoms with Crippen molar-refractivity contribution in [3.05, 3.63) is 65.0 Å². The predicted molar refractivity (Wildman–Crippen MR) is 159 cm³/mol. The highest BCUT2D eigenvalue weighted by Gasteiger charge is 2.37. The summed E-state index contributed by atoms with van der Waals surface area (Å²) < 4.78 is 40.5. The van der Waals surface area contributed by atoms with Crippen molar-refractivity contribution in [2.24, 2.45) is 5.41 Å². The Labute approximate surface area is 245 Å². The summed E-state index contributed by atoms with van der Waals surface area (Å²) in [6, 6.07) is 7.40. The lowest BCUT2D eigenvalue weighted by Gasteiger charge is -2.41. The molecule has 1 aliphatic heterocycles. The first-order valence-electron chi connectivity index (χ1n) is 14.1. The minimum absolute atomic E-state index is 0.102. The summed E-state index contributed by atoms with van der Waals surface area (Å²) in [5.74, 6) is -2.28. The fourth-order valence-corrected chi connectivity index (χ4v) is 5.20. The van der Waals surface area contributed by atoms with E-state index in [2.05, 4.69) is 28.7 Å². The summed E-state index contributed by atoms with van der Waals surface area (Å²) in [5.41, 5.74) is 8.69. The lowest BCUT2D eigenvalue weighted by molar-refractivity contribution is -0.160. The van der Waals surface area contributed by atoms with Crippen LogP contribution < -0.4 is 15.4 Å². The van der Waals surface area contributed by atoms with E-state index >= 15 is 4.39 Å². The van der Waals surface area contributed by atoms with Crippen LogP contribution in [0.5, 0.6) is 5.88 Å². The van der Waals surface area contributed by atoms with Gasteiger partial charge in [0.25, 0.3) is 0 Å². The SMILES string of the molecule is Cc1nc(N)c(-c2cnc(OCCc3cccc(F)c3)c(F)c2)c(N2CCC(C)(C)CC2)c1C(OC(C)(C)C)C(=O)O. The van der Waals surface area contributed by atoms with Gasteiger partial charge in [0.15, 0.2) is 11.9 Å². The Balaban J connectivity index is 1.76. The average molecular weight is 583 g/mol. The molecule has 226 valence electrons. The van der Waals surface area contributed by atoms with Gasteiger partial charge in [0.2, 0.25) is 5.88 Å². The summed E-state index contributed by atoms with van der Waals surface area (Å²) in [5, 5.41) is 10.3. The van der Waals surface area contributed by atoms with E-state index in [4.69, 9.17) is 15.2 Å². The number of aryl methyl sites for hydroxylation is 1. The number of nitrogens with two attached hydrogens (primary N) is 1. The number of carboxylic acid groups (broad SMARTS) is 1. The van der Waals surface area contributed by atoms with Crippen molar-refractivity contribution < 1.29 is 28.2 Å². The van der Waals surface area contributed by atoms with E-state index in [1.54, 1.807) is 39.8 Å². The van der Waals surface area contributed by atoms with Crippen LogP contribution in [0, 0.1) is 24.0 Å². The molecule has 0 spiro atoms. The van der Waals surface area contributed by atoms with Gasteiger partial charge in [0.05, 0.1) is 17.9 Å². The molecule has 8 nitrogen and oxygen atoms in total. The van der Waals surface area contributed by atoms with Gasteiger partial charge in [-0.1, -0.05) is 26.0 Å². The molecule has 0 saturated carbocycles. The van der Waals surface area contributed by atoms with Crippen LogP contribution in [-0.2, 0) is 16.0 Å². The molecule has 3 aromatic rings. The molecule has 0 radical (unpaired) electrons. The van der Waals surface area contributed by atoms with Gasteiger partial charge >= 0.3 is 5.97 Å². The number of hydrogen-bond acceptors (Lipinski definition) is 7. The van der Waals surface area contributed by atoms with E-state index < -0.39 is 23.5 Å². The molecule has 3 N–H and O–H groups in total. The summed E-state index contributed by atoms with van der Waals surface area (Å²) in [6.45, 7) is 12.9. The van der Waals surface area contributed by atoms with E-state index in [1.165, 1.54) is 24.4 Å². The summed E-state index contributed by atoms with van der Waals surface area (Å²) >= 11 is 0. The van der Waals surface area contributed by atoms with Gasteiger partial charge in [-0.2, -0.15) is 0 Å². The zero-order valence-corrected chi connectivity index (χ0v) is 25.1. The quantitative estimate of drug-likeness (QED) is 0.294. The van der Waals surface area contributed by atoms with Crippen LogP contribution in [-0.4, -0.2) is 46.3 Å². The number of rotatable bonds is 9. The second-order valence-electron chi connectivity index (χ2n) is 12.6. The molecule has 1 aromatic carbocycles. The van der Waals surface area contributed by atoms with Crippen molar-refractivity contribution in [3.63, 3.8) is 0 Å². The van der Waals surface area contributed by atoms with Crippen molar-refractivity contribution in [1.29, 1.82) is 0 Å². The second kappa shape index (κ2) is 12.2. The molecule has 2 aromatic heterocycles. The maximum atomic E-state index is 15.4. The fraction of sp³-hybridized carbons (Fsp3) is 0.469. The van der Waals surface area contributed by atoms with E-state index in [-0.39, 0.29) is 29.5 Å². The number of carbonyl (C=O) groups is 1. The molecule has 1 fully saturated rings. The Morgan fingerprint density at radius 1 is 1.19 bits per heavy atom. The third kappa shape index (κ3) is 7.34. The first kappa shape index (κ1) is 31.2. The molecule has 10 heteroatoms. The number of pyridine rings is 2. The first-order chi connectivity index (χ1) is 19.6. The smallest absolute Gasteiger partial charge is 0.337 e. The molecule has 0 aliphatic carbocycles. The molecule has 4 rings (SSSR count). The Hall–Kier alpha value is -3.79. The summed E-state index contributed by atoms with van der Waals surface area (Å²) in [4.78, 5) is 23.4. The third-order valence-corrected chi connectivity index (χ3v) is 7.43. The molecule has 0 bridgehead atoms. The number of anilines is 2. The van der Waals surface area contributed by atoms with Crippen LogP contribution in [0.2, 0.25) is 0 Å². The van der Waals surface area contributed by atoms with Crippen molar-refractivity contribution >= 4 is 17.5 Å². The number of aromatic nitrogens is 2. The van der Waals surface area contributed by atoms with Crippen molar-refractivity contribution in [3.8, 4) is 17.0 Å². The molecule has 3 heterocycles. The van der Waals surface area contributed by atoms with Gasteiger partial charge in [0, 0.05) is 48.1 Å². The number of aliphatic carboxylic acids is 1. The fourth-order valence-electron chi connectivity index (χ4n) is 5.20. The molecular weight excluding hydrogens is 542 g/mol. The second-order valence-corrected chi connectivity index (χ2v) is 12.6. The lowest BCUT2D eigenvalue weighted by Crippen LogP contribution is -2.39. The highest BCUT2D eigenvalue weighted by Crippen LogP contribution is 2.46. The van der Waals surface area contributed by atoms with Gasteiger partial charge in [-0.25, -0.2) is 23.5 Å². The van der Waals surface area contributed by atoms with Crippen LogP contribution >= 0.6 is 0 Å². The molecular formula is C32H40F2N4O4. The molecule has 1 unspecified atom stereocenters. The number of carboxylic acids is 1. The van der Waals surface area contributed by atoms with E-state index in [1.807, 2.05) is 0 Å². The van der Waals surface area contributed by atoms with Gasteiger partial charge < -0.3 is 25.2 Å². The van der Waals surface area contributed by atoms with Crippen LogP contribution in [0.4, 0.5) is 20.3 Å². The van der Waals surface area contributed by atoms with Gasteiger partial charge in [-0.05, 0) is 69.7 Å². The van der Waals surface area contributed by atoms with Crippen molar-refractivity contribution in [2.75, 3.05) is 30.3 Å². The number of hydrogen-bond donors (Lipinski definition) is 2. The topological polar surface area (TPSA) is 111 Å². The predicted octanol–water partition coefficient (Wildman–Crippen LogP) is 6.50. The largest absolute Gasteiger partial charge is 0.479 e. The third-order valence-electron chi connectivity index (χ3n) is 7.43. The van der Waals surface area contributed by atoms with Crippen LogP contribution in [0.1, 0.15) is 70.4 Å². The minimum Gasteiger partial charge on any atom is -0.479 e. The Kier molecular flexibility index (Phi) is 9.06. The maximum absolute atomic E-state index is 15.4. The number of nitrogen functional groups attached to an aromatic ring is 1. The van der Waals surface area contributed by atoms with Crippen molar-refractivity contribution in [2.45, 2.75) is 72.5 Å². The molecule has 1 atom stereocenters. The molecule has 42 heavy (non-hydrogen) atoms. The number of benzene rings is 1. The Morgan fingerprint density at radius 2 is 1.88 bits per heavy atom. The van der Waals surface area contributed by atoms with E-state index in [0.29, 0.717) is 47.6 Å². The molecule has 0 amide bonds. The highest BCUT2D eigenvalue weighted by molar-refractivity contribution is 5.91. The van der Waals surface area contributed by atoms with Gasteiger partial charge in [-0.15, -0.1) is 0 Å². The molecule has 1 saturated heterocycles. The lowest BCUT2D eigenvalue weighted by atomic mass is 9.82. The van der Waals surface area contributed by atoms with Gasteiger partial charge in [0.1, 0.15) is 11.6 Å². The highest BCUT2D eigenvalue weighted by atomic mass is 19.1. The Morgan fingerprint density at radius 3 is 2.48 bits per heavy atom. The standard InChI is InChI=1S/C32H40F2N4O4/c1-19-24(27(30(39)40)42-31(2,3)4)26(38-13-11-32(5,6)12-14-38)25(28(35)37-19)21-17-23(34)29(36-18-21)41-15-10-20-8-7-9-22(33)16-20/h7-9,16-18,27H,10-15H2,1-6H3,(H2,35,37)(H,39,40). The van der Waals surface area contributed by atoms with Crippen LogP contribution in [0.15, 0.2) is 36.5 Å². The maximum Gasteiger partial charge on any atom is 0.337 e. The van der Waals surface area contributed by atoms with E-state index in [9.17, 15) is 14.3 Å². The first-order valence-corrected chi connectivity index (χ1v) is 14.1. The van der Waals surface area contributed by atoms with Crippen LogP contribution in [0.25, 0.3) is 11.1 Å². The monoisotopic (exact) mass is 582 g/mol. The van der Waals surface area contributed by atoms with Crippen molar-refractivity contribution in [1.82, 2.24) is 9.97 Å². The van der Waals surface area contributed by atoms with Gasteiger partial charge in [-0.3, -0.25) is 0 Å².